The number of benzene rings is 1. The summed E-state index contributed by atoms with van der Waals surface area (Å²) in [4.78, 5) is 29.7. The van der Waals surface area contributed by atoms with Gasteiger partial charge in [0.15, 0.2) is 11.5 Å². The second-order valence-electron chi connectivity index (χ2n) is 11.5. The van der Waals surface area contributed by atoms with Gasteiger partial charge in [0.1, 0.15) is 6.04 Å². The zero-order valence-electron chi connectivity index (χ0n) is 22.5. The summed E-state index contributed by atoms with van der Waals surface area (Å²) in [7, 11) is 1.33. The fourth-order valence-corrected chi connectivity index (χ4v) is 6.72. The average molecular weight is 611 g/mol. The van der Waals surface area contributed by atoms with Gasteiger partial charge in [-0.05, 0) is 48.8 Å². The number of carbonyl (C=O) groups is 2. The molecular formula is C28H28ClF5N6O2. The lowest BCUT2D eigenvalue weighted by Crippen LogP contribution is -2.29. The number of rotatable bonds is 7. The Bertz CT molecular complexity index is 1540. The van der Waals surface area contributed by atoms with Crippen LogP contribution in [0.2, 0.25) is 5.02 Å². The van der Waals surface area contributed by atoms with Crippen LogP contribution in [0, 0.1) is 17.8 Å². The van der Waals surface area contributed by atoms with Gasteiger partial charge in [-0.2, -0.15) is 18.3 Å². The summed E-state index contributed by atoms with van der Waals surface area (Å²) in [5.41, 5.74) is -1.45. The Balaban J connectivity index is 1.13. The lowest BCUT2D eigenvalue weighted by molar-refractivity contribution is -0.141. The van der Waals surface area contributed by atoms with Crippen molar-refractivity contribution in [3.8, 4) is 11.3 Å². The summed E-state index contributed by atoms with van der Waals surface area (Å²) in [5.74, 6) is -2.42. The van der Waals surface area contributed by atoms with Gasteiger partial charge in [0.05, 0.1) is 28.0 Å². The van der Waals surface area contributed by atoms with Gasteiger partial charge in [-0.1, -0.05) is 30.9 Å². The molecule has 3 aliphatic rings. The van der Waals surface area contributed by atoms with Crippen LogP contribution in [0.1, 0.15) is 71.2 Å². The molecule has 0 spiro atoms. The van der Waals surface area contributed by atoms with E-state index < -0.39 is 41.7 Å². The molecule has 3 saturated carbocycles. The molecule has 42 heavy (non-hydrogen) atoms. The molecule has 3 aliphatic carbocycles. The Morgan fingerprint density at radius 1 is 1.14 bits per heavy atom. The highest BCUT2D eigenvalue weighted by atomic mass is 35.5. The van der Waals surface area contributed by atoms with Crippen LogP contribution in [-0.2, 0) is 13.2 Å². The van der Waals surface area contributed by atoms with Gasteiger partial charge in [0.2, 0.25) is 0 Å². The summed E-state index contributed by atoms with van der Waals surface area (Å²) in [5, 5.41) is 9.04. The maximum atomic E-state index is 13.7. The highest BCUT2D eigenvalue weighted by molar-refractivity contribution is 6.34. The van der Waals surface area contributed by atoms with E-state index in [1.807, 2.05) is 0 Å². The first-order valence-electron chi connectivity index (χ1n) is 13.8. The Morgan fingerprint density at radius 3 is 2.45 bits per heavy atom. The van der Waals surface area contributed by atoms with E-state index >= 15 is 0 Å². The number of fused-ring (bicyclic) bond motifs is 1. The third-order valence-electron chi connectivity index (χ3n) is 8.69. The summed E-state index contributed by atoms with van der Waals surface area (Å²) >= 11 is 6.35. The van der Waals surface area contributed by atoms with Crippen molar-refractivity contribution in [1.29, 1.82) is 0 Å². The third kappa shape index (κ3) is 5.38. The van der Waals surface area contributed by atoms with Crippen molar-refractivity contribution >= 4 is 29.1 Å². The summed E-state index contributed by atoms with van der Waals surface area (Å²) in [6.45, 7) is 0.584. The summed E-state index contributed by atoms with van der Waals surface area (Å²) in [6.07, 6.45) is 2.54. The van der Waals surface area contributed by atoms with Gasteiger partial charge in [-0.25, -0.2) is 13.8 Å². The molecule has 224 valence electrons. The monoisotopic (exact) mass is 610 g/mol. The molecular weight excluding hydrogens is 583 g/mol. The molecule has 3 aromatic rings. The molecule has 3 fully saturated rings. The highest BCUT2D eigenvalue weighted by Crippen LogP contribution is 2.53. The lowest BCUT2D eigenvalue weighted by Gasteiger charge is -2.14. The largest absolute Gasteiger partial charge is 0.435 e. The van der Waals surface area contributed by atoms with Crippen LogP contribution in [0.25, 0.3) is 11.3 Å². The van der Waals surface area contributed by atoms with Crippen LogP contribution >= 0.6 is 11.6 Å². The van der Waals surface area contributed by atoms with E-state index in [1.165, 1.54) is 44.5 Å². The van der Waals surface area contributed by atoms with E-state index in [0.29, 0.717) is 17.1 Å². The molecule has 2 N–H and O–H groups in total. The number of hydrogen-bond donors (Lipinski definition) is 2. The van der Waals surface area contributed by atoms with E-state index in [4.69, 9.17) is 11.6 Å². The number of alkyl halides is 5. The average Bonchev–Trinajstić information content (AvgIpc) is 3.44. The fraction of sp³-hybridized carbons (Fsp3) is 0.500. The number of nitrogens with one attached hydrogen (secondary N) is 2. The number of amides is 2. The number of imidazole rings is 1. The Morgan fingerprint density at radius 2 is 1.83 bits per heavy atom. The van der Waals surface area contributed by atoms with Crippen LogP contribution in [-0.4, -0.2) is 43.6 Å². The molecule has 2 amide bonds. The summed E-state index contributed by atoms with van der Waals surface area (Å²) in [6, 6.07) is 2.92. The molecule has 14 heteroatoms. The zero-order valence-corrected chi connectivity index (χ0v) is 23.3. The first-order valence-corrected chi connectivity index (χ1v) is 14.1. The predicted molar refractivity (Wildman–Crippen MR) is 143 cm³/mol. The van der Waals surface area contributed by atoms with Crippen molar-refractivity contribution in [2.75, 3.05) is 11.9 Å². The van der Waals surface area contributed by atoms with Crippen LogP contribution in [0.5, 0.6) is 0 Å². The van der Waals surface area contributed by atoms with Crippen molar-refractivity contribution in [3.63, 3.8) is 0 Å². The van der Waals surface area contributed by atoms with Gasteiger partial charge >= 0.3 is 6.18 Å². The van der Waals surface area contributed by atoms with E-state index in [9.17, 15) is 31.5 Å². The maximum Gasteiger partial charge on any atom is 0.435 e. The van der Waals surface area contributed by atoms with E-state index in [2.05, 4.69) is 20.7 Å². The van der Waals surface area contributed by atoms with Crippen LogP contribution in [0.15, 0.2) is 30.6 Å². The molecule has 3 unspecified atom stereocenters. The van der Waals surface area contributed by atoms with Gasteiger partial charge < -0.3 is 15.2 Å². The number of carbonyl (C=O) groups excluding carboxylic acids is 2. The van der Waals surface area contributed by atoms with E-state index in [0.717, 1.165) is 41.6 Å². The number of hydrogen-bond acceptors (Lipinski definition) is 4. The Kier molecular flexibility index (Phi) is 7.06. The normalized spacial score (nSPS) is 24.5. The zero-order chi connectivity index (χ0) is 30.0. The predicted octanol–water partition coefficient (Wildman–Crippen LogP) is 6.34. The van der Waals surface area contributed by atoms with Crippen LogP contribution in [0.4, 0.5) is 27.6 Å². The minimum Gasteiger partial charge on any atom is -0.352 e. The third-order valence-corrected chi connectivity index (χ3v) is 9.00. The standard InChI is InChI=1S/C28H28ClF5N6O2/c1-39-21(19-13-40(22-10-27(22,30)31)38-23(19)28(32,33)34)12-35-24(39)26(42)37-17-5-6-18(20(29)9-17)25(41)36-11-14-7-15-3-2-4-16(15)8-14/h5-6,9,12-16,22H,2-4,7-8,10-11H2,1H3,(H,36,41)(H,37,42). The lowest BCUT2D eigenvalue weighted by atomic mass is 10.0. The molecule has 0 saturated heterocycles. The van der Waals surface area contributed by atoms with Gasteiger partial charge in [-0.3, -0.25) is 14.3 Å². The maximum absolute atomic E-state index is 13.7. The minimum atomic E-state index is -4.92. The molecule has 2 heterocycles. The van der Waals surface area contributed by atoms with Crippen molar-refractivity contribution < 1.29 is 31.5 Å². The van der Waals surface area contributed by atoms with Gasteiger partial charge in [-0.15, -0.1) is 0 Å². The van der Waals surface area contributed by atoms with Gasteiger partial charge in [0, 0.05) is 31.9 Å². The van der Waals surface area contributed by atoms with Crippen molar-refractivity contribution in [2.45, 2.75) is 56.7 Å². The quantitative estimate of drug-likeness (QED) is 0.305. The Labute approximate surface area is 242 Å². The second kappa shape index (κ2) is 10.4. The van der Waals surface area contributed by atoms with Crippen LogP contribution in [0.3, 0.4) is 0 Å². The van der Waals surface area contributed by atoms with E-state index in [-0.39, 0.29) is 33.7 Å². The minimum absolute atomic E-state index is 0.119. The fourth-order valence-electron chi connectivity index (χ4n) is 6.45. The van der Waals surface area contributed by atoms with Crippen molar-refractivity contribution in [1.82, 2.24) is 24.6 Å². The van der Waals surface area contributed by atoms with E-state index in [1.54, 1.807) is 0 Å². The highest BCUT2D eigenvalue weighted by Gasteiger charge is 2.59. The first kappa shape index (κ1) is 28.6. The van der Waals surface area contributed by atoms with Crippen LogP contribution < -0.4 is 10.6 Å². The number of nitrogens with zero attached hydrogens (tertiary/aromatic N) is 4. The van der Waals surface area contributed by atoms with Crippen molar-refractivity contribution in [2.24, 2.45) is 24.8 Å². The molecule has 2 aromatic heterocycles. The second-order valence-corrected chi connectivity index (χ2v) is 11.9. The molecule has 6 rings (SSSR count). The smallest absolute Gasteiger partial charge is 0.352 e. The summed E-state index contributed by atoms with van der Waals surface area (Å²) < 4.78 is 69.9. The number of halogens is 6. The molecule has 3 atom stereocenters. The molecule has 8 nitrogen and oxygen atoms in total. The van der Waals surface area contributed by atoms with Crippen molar-refractivity contribution in [3.05, 3.63) is 52.7 Å². The SMILES string of the molecule is Cn1c(-c2cn(C3CC3(F)F)nc2C(F)(F)F)cnc1C(=O)Nc1ccc(C(=O)NCC2CC3CCCC3C2)c(Cl)c1. The number of aromatic nitrogens is 4. The topological polar surface area (TPSA) is 93.8 Å². The number of anilines is 1. The molecule has 0 aliphatic heterocycles. The first-order chi connectivity index (χ1) is 19.8. The van der Waals surface area contributed by atoms with Gasteiger partial charge in [0.25, 0.3) is 17.7 Å². The molecule has 0 bridgehead atoms. The molecule has 1 aromatic carbocycles. The molecule has 0 radical (unpaired) electrons. The Hall–Kier alpha value is -3.48.